The van der Waals surface area contributed by atoms with Gasteiger partial charge in [0.05, 0.1) is 11.0 Å². The van der Waals surface area contributed by atoms with E-state index in [2.05, 4.69) is 5.32 Å². The van der Waals surface area contributed by atoms with E-state index in [0.717, 1.165) is 25.1 Å². The van der Waals surface area contributed by atoms with Crippen LogP contribution in [0.25, 0.3) is 0 Å². The summed E-state index contributed by atoms with van der Waals surface area (Å²) >= 11 is 0. The number of nitro groups is 1. The molecule has 2 rings (SSSR count). The number of benzene rings is 1. The summed E-state index contributed by atoms with van der Waals surface area (Å²) in [5.41, 5.74) is 0.986. The number of anilines is 1. The number of rotatable bonds is 3. The van der Waals surface area contributed by atoms with Crippen molar-refractivity contribution in [3.05, 3.63) is 34.4 Å². The Labute approximate surface area is 98.4 Å². The van der Waals surface area contributed by atoms with Gasteiger partial charge >= 0.3 is 0 Å². The molecule has 1 saturated heterocycles. The molecule has 6 heteroatoms. The first kappa shape index (κ1) is 11.5. The molecule has 1 aliphatic rings. The first-order chi connectivity index (χ1) is 8.20. The number of nitro benzene ring substituents is 1. The average Bonchev–Trinajstić information content (AvgIpc) is 2.39. The maximum Gasteiger partial charge on any atom is 0.269 e. The van der Waals surface area contributed by atoms with Gasteiger partial charge in [0.1, 0.15) is 6.29 Å². The highest BCUT2D eigenvalue weighted by molar-refractivity contribution is 5.61. The third kappa shape index (κ3) is 2.59. The summed E-state index contributed by atoms with van der Waals surface area (Å²) in [6.45, 7) is 2.13. The fourth-order valence-electron chi connectivity index (χ4n) is 1.89. The summed E-state index contributed by atoms with van der Waals surface area (Å²) in [6, 6.07) is 6.22. The fourth-order valence-corrected chi connectivity index (χ4v) is 1.89. The Morgan fingerprint density at radius 2 is 2.12 bits per heavy atom. The van der Waals surface area contributed by atoms with Crippen LogP contribution in [0.3, 0.4) is 0 Å². The monoisotopic (exact) mass is 235 g/mol. The van der Waals surface area contributed by atoms with E-state index in [1.54, 1.807) is 12.1 Å². The Kier molecular flexibility index (Phi) is 3.34. The number of piperazine rings is 1. The molecule has 6 nitrogen and oxygen atoms in total. The van der Waals surface area contributed by atoms with Gasteiger partial charge in [-0.3, -0.25) is 10.1 Å². The van der Waals surface area contributed by atoms with E-state index < -0.39 is 4.92 Å². The molecule has 1 aromatic rings. The van der Waals surface area contributed by atoms with Crippen molar-refractivity contribution in [1.82, 2.24) is 5.32 Å². The van der Waals surface area contributed by atoms with Crippen molar-refractivity contribution in [2.45, 2.75) is 6.04 Å². The van der Waals surface area contributed by atoms with Crippen molar-refractivity contribution >= 4 is 17.7 Å². The molecule has 17 heavy (non-hydrogen) atoms. The maximum atomic E-state index is 10.7. The molecule has 0 aromatic heterocycles. The lowest BCUT2D eigenvalue weighted by molar-refractivity contribution is -0.384. The zero-order valence-electron chi connectivity index (χ0n) is 9.20. The molecular weight excluding hydrogens is 222 g/mol. The van der Waals surface area contributed by atoms with Gasteiger partial charge < -0.3 is 15.0 Å². The zero-order chi connectivity index (χ0) is 12.3. The molecule has 0 amide bonds. The number of carbonyl (C=O) groups excluding carboxylic acids is 1. The van der Waals surface area contributed by atoms with Crippen LogP contribution in [0.1, 0.15) is 0 Å². The zero-order valence-corrected chi connectivity index (χ0v) is 9.20. The highest BCUT2D eigenvalue weighted by Gasteiger charge is 2.19. The van der Waals surface area contributed by atoms with Gasteiger partial charge in [-0.25, -0.2) is 0 Å². The summed E-state index contributed by atoms with van der Waals surface area (Å²) in [6.07, 6.45) is 0.886. The normalized spacial score (nSPS) is 20.0. The van der Waals surface area contributed by atoms with Gasteiger partial charge in [-0.1, -0.05) is 0 Å². The quantitative estimate of drug-likeness (QED) is 0.471. The van der Waals surface area contributed by atoms with Gasteiger partial charge in [-0.05, 0) is 12.1 Å². The average molecular weight is 235 g/mol. The largest absolute Gasteiger partial charge is 0.368 e. The Hall–Kier alpha value is -1.95. The number of aldehydes is 1. The number of hydrogen-bond donors (Lipinski definition) is 1. The molecule has 0 bridgehead atoms. The summed E-state index contributed by atoms with van der Waals surface area (Å²) in [7, 11) is 0. The number of hydrogen-bond acceptors (Lipinski definition) is 5. The first-order valence-corrected chi connectivity index (χ1v) is 5.39. The van der Waals surface area contributed by atoms with E-state index >= 15 is 0 Å². The second-order valence-corrected chi connectivity index (χ2v) is 3.92. The van der Waals surface area contributed by atoms with Gasteiger partial charge in [0.15, 0.2) is 0 Å². The topological polar surface area (TPSA) is 75.5 Å². The van der Waals surface area contributed by atoms with E-state index in [1.807, 2.05) is 4.90 Å². The van der Waals surface area contributed by atoms with Gasteiger partial charge in [0.25, 0.3) is 5.69 Å². The second-order valence-electron chi connectivity index (χ2n) is 3.92. The lowest BCUT2D eigenvalue weighted by Crippen LogP contribution is -2.51. The minimum absolute atomic E-state index is 0.0795. The summed E-state index contributed by atoms with van der Waals surface area (Å²) < 4.78 is 0. The number of nitrogens with zero attached hydrogens (tertiary/aromatic N) is 2. The molecule has 1 N–H and O–H groups in total. The van der Waals surface area contributed by atoms with Crippen molar-refractivity contribution in [2.24, 2.45) is 0 Å². The van der Waals surface area contributed by atoms with Crippen LogP contribution < -0.4 is 10.2 Å². The van der Waals surface area contributed by atoms with Gasteiger partial charge in [0.2, 0.25) is 0 Å². The van der Waals surface area contributed by atoms with Crippen LogP contribution >= 0.6 is 0 Å². The Morgan fingerprint density at radius 3 is 2.71 bits per heavy atom. The minimum Gasteiger partial charge on any atom is -0.368 e. The molecule has 0 saturated carbocycles. The SMILES string of the molecule is O=CC1CN(c2ccc([N+](=O)[O-])cc2)CCN1. The highest BCUT2D eigenvalue weighted by Crippen LogP contribution is 2.20. The van der Waals surface area contributed by atoms with Crippen LogP contribution in [0.4, 0.5) is 11.4 Å². The maximum absolute atomic E-state index is 10.7. The van der Waals surface area contributed by atoms with Crippen LogP contribution in [0.5, 0.6) is 0 Å². The lowest BCUT2D eigenvalue weighted by Gasteiger charge is -2.32. The smallest absolute Gasteiger partial charge is 0.269 e. The Morgan fingerprint density at radius 1 is 1.41 bits per heavy atom. The fraction of sp³-hybridized carbons (Fsp3) is 0.364. The number of carbonyl (C=O) groups is 1. The predicted octanol–water partition coefficient (Wildman–Crippen LogP) is 0.572. The van der Waals surface area contributed by atoms with Crippen LogP contribution in [-0.4, -0.2) is 36.9 Å². The molecule has 1 atom stereocenters. The second kappa shape index (κ2) is 4.92. The van der Waals surface area contributed by atoms with Crippen LogP contribution in [0.15, 0.2) is 24.3 Å². The first-order valence-electron chi connectivity index (χ1n) is 5.39. The molecule has 1 heterocycles. The molecule has 90 valence electrons. The molecule has 1 unspecified atom stereocenters. The third-order valence-electron chi connectivity index (χ3n) is 2.80. The van der Waals surface area contributed by atoms with E-state index in [9.17, 15) is 14.9 Å². The minimum atomic E-state index is -0.421. The number of non-ortho nitro benzene ring substituents is 1. The van der Waals surface area contributed by atoms with Crippen LogP contribution in [0, 0.1) is 10.1 Å². The molecule has 0 aliphatic carbocycles. The predicted molar refractivity (Wildman–Crippen MR) is 63.2 cm³/mol. The summed E-state index contributed by atoms with van der Waals surface area (Å²) in [4.78, 5) is 22.8. The molecule has 0 spiro atoms. The van der Waals surface area contributed by atoms with Crippen LogP contribution in [-0.2, 0) is 4.79 Å². The summed E-state index contributed by atoms with van der Waals surface area (Å²) in [5, 5.41) is 13.6. The van der Waals surface area contributed by atoms with Crippen molar-refractivity contribution in [3.8, 4) is 0 Å². The van der Waals surface area contributed by atoms with Crippen molar-refractivity contribution in [3.63, 3.8) is 0 Å². The lowest BCUT2D eigenvalue weighted by atomic mass is 10.2. The van der Waals surface area contributed by atoms with Crippen LogP contribution in [0.2, 0.25) is 0 Å². The molecule has 1 fully saturated rings. The molecule has 0 radical (unpaired) electrons. The summed E-state index contributed by atoms with van der Waals surface area (Å²) in [5.74, 6) is 0. The van der Waals surface area contributed by atoms with Crippen molar-refractivity contribution < 1.29 is 9.72 Å². The van der Waals surface area contributed by atoms with E-state index in [-0.39, 0.29) is 11.7 Å². The molecule has 1 aromatic carbocycles. The standard InChI is InChI=1S/C11H13N3O3/c15-8-9-7-13(6-5-12-9)10-1-3-11(4-2-10)14(16)17/h1-4,8-9,12H,5-7H2. The molecule has 1 aliphatic heterocycles. The van der Waals surface area contributed by atoms with E-state index in [0.29, 0.717) is 6.54 Å². The van der Waals surface area contributed by atoms with E-state index in [1.165, 1.54) is 12.1 Å². The third-order valence-corrected chi connectivity index (χ3v) is 2.80. The van der Waals surface area contributed by atoms with Gasteiger partial charge in [0, 0.05) is 37.5 Å². The van der Waals surface area contributed by atoms with E-state index in [4.69, 9.17) is 0 Å². The Balaban J connectivity index is 2.11. The molecular formula is C11H13N3O3. The van der Waals surface area contributed by atoms with Gasteiger partial charge in [-0.2, -0.15) is 0 Å². The highest BCUT2D eigenvalue weighted by atomic mass is 16.6. The van der Waals surface area contributed by atoms with Gasteiger partial charge in [-0.15, -0.1) is 0 Å². The van der Waals surface area contributed by atoms with Crippen molar-refractivity contribution in [2.75, 3.05) is 24.5 Å². The number of nitrogens with one attached hydrogen (secondary N) is 1. The Bertz CT molecular complexity index is 418. The van der Waals surface area contributed by atoms with Crippen molar-refractivity contribution in [1.29, 1.82) is 0 Å².